The van der Waals surface area contributed by atoms with Gasteiger partial charge in [0.15, 0.2) is 18.1 Å². The minimum Gasteiger partial charge on any atom is -0.490 e. The number of ether oxygens (including phenoxy) is 2. The molecule has 2 amide bonds. The summed E-state index contributed by atoms with van der Waals surface area (Å²) in [6.45, 7) is 5.27. The van der Waals surface area contributed by atoms with Crippen LogP contribution in [0, 0.1) is 0 Å². The van der Waals surface area contributed by atoms with Gasteiger partial charge in [-0.05, 0) is 57.2 Å². The summed E-state index contributed by atoms with van der Waals surface area (Å²) in [4.78, 5) is 27.0. The number of nitrogens with zero attached hydrogens (tertiary/aromatic N) is 4. The van der Waals surface area contributed by atoms with E-state index in [1.165, 1.54) is 12.8 Å². The molecule has 0 bridgehead atoms. The number of rotatable bonds is 9. The van der Waals surface area contributed by atoms with Crippen LogP contribution in [0.3, 0.4) is 0 Å². The van der Waals surface area contributed by atoms with E-state index in [0.717, 1.165) is 63.4 Å². The van der Waals surface area contributed by atoms with Crippen LogP contribution in [0.15, 0.2) is 18.2 Å². The molecule has 0 radical (unpaired) electrons. The van der Waals surface area contributed by atoms with Gasteiger partial charge in [-0.3, -0.25) is 9.59 Å². The summed E-state index contributed by atoms with van der Waals surface area (Å²) in [5.41, 5.74) is 0.484. The molecule has 0 spiro atoms. The average molecular weight is 470 g/mol. The van der Waals surface area contributed by atoms with Crippen molar-refractivity contribution < 1.29 is 19.1 Å². The van der Waals surface area contributed by atoms with E-state index in [1.807, 2.05) is 11.8 Å². The first-order valence-corrected chi connectivity index (χ1v) is 12.5. The number of aryl methyl sites for hydroxylation is 1. The zero-order valence-electron chi connectivity index (χ0n) is 20.1. The summed E-state index contributed by atoms with van der Waals surface area (Å²) in [6.07, 6.45) is 8.37. The van der Waals surface area contributed by atoms with Gasteiger partial charge in [-0.2, -0.15) is 0 Å². The summed E-state index contributed by atoms with van der Waals surface area (Å²) in [5, 5.41) is 11.6. The van der Waals surface area contributed by atoms with E-state index >= 15 is 0 Å². The standard InChI is InChI=1S/C25H35N5O4/c1-2-33-21-17-19(10-11-20(21)34-18-24(31)29-14-6-4-7-15-29)25(32)26-13-12-23-28-27-22-9-5-3-8-16-30(22)23/h10-11,17H,2-9,12-16,18H2,1H3,(H,26,32). The first-order chi connectivity index (χ1) is 16.7. The summed E-state index contributed by atoms with van der Waals surface area (Å²) in [7, 11) is 0. The van der Waals surface area contributed by atoms with Crippen molar-refractivity contribution >= 4 is 11.8 Å². The molecule has 34 heavy (non-hydrogen) atoms. The number of benzene rings is 1. The molecule has 0 unspecified atom stereocenters. The minimum atomic E-state index is -0.187. The third kappa shape index (κ3) is 6.07. The van der Waals surface area contributed by atoms with Crippen molar-refractivity contribution in [3.63, 3.8) is 0 Å². The molecule has 1 aromatic carbocycles. The van der Waals surface area contributed by atoms with E-state index < -0.39 is 0 Å². The number of hydrogen-bond acceptors (Lipinski definition) is 6. The van der Waals surface area contributed by atoms with Crippen LogP contribution >= 0.6 is 0 Å². The molecule has 1 saturated heterocycles. The summed E-state index contributed by atoms with van der Waals surface area (Å²) in [5.74, 6) is 2.70. The second kappa shape index (κ2) is 11.9. The van der Waals surface area contributed by atoms with Crippen LogP contribution in [0.5, 0.6) is 11.5 Å². The largest absolute Gasteiger partial charge is 0.490 e. The first-order valence-electron chi connectivity index (χ1n) is 12.5. The summed E-state index contributed by atoms with van der Waals surface area (Å²) in [6, 6.07) is 5.06. The number of hydrogen-bond donors (Lipinski definition) is 1. The van der Waals surface area contributed by atoms with Crippen molar-refractivity contribution in [3.05, 3.63) is 35.4 Å². The van der Waals surface area contributed by atoms with Crippen molar-refractivity contribution in [1.29, 1.82) is 0 Å². The van der Waals surface area contributed by atoms with E-state index in [1.54, 1.807) is 18.2 Å². The van der Waals surface area contributed by atoms with E-state index in [4.69, 9.17) is 9.47 Å². The number of likely N-dealkylation sites (tertiary alicyclic amines) is 1. The predicted molar refractivity (Wildman–Crippen MR) is 127 cm³/mol. The molecule has 4 rings (SSSR count). The lowest BCUT2D eigenvalue weighted by Crippen LogP contribution is -2.38. The number of carbonyl (C=O) groups excluding carboxylic acids is 2. The average Bonchev–Trinajstić information content (AvgIpc) is 3.09. The minimum absolute atomic E-state index is 0.0182. The lowest BCUT2D eigenvalue weighted by Gasteiger charge is -2.26. The molecule has 0 atom stereocenters. The Balaban J connectivity index is 1.32. The molecule has 1 aromatic heterocycles. The maximum atomic E-state index is 12.7. The van der Waals surface area contributed by atoms with Gasteiger partial charge in [0.25, 0.3) is 11.8 Å². The smallest absolute Gasteiger partial charge is 0.260 e. The molecular weight excluding hydrogens is 434 g/mol. The molecule has 0 saturated carbocycles. The van der Waals surface area contributed by atoms with E-state index in [-0.39, 0.29) is 18.4 Å². The van der Waals surface area contributed by atoms with Gasteiger partial charge in [0, 0.05) is 44.6 Å². The van der Waals surface area contributed by atoms with E-state index in [9.17, 15) is 9.59 Å². The fourth-order valence-electron chi connectivity index (χ4n) is 4.53. The molecule has 1 fully saturated rings. The maximum Gasteiger partial charge on any atom is 0.260 e. The van der Waals surface area contributed by atoms with Crippen molar-refractivity contribution in [2.75, 3.05) is 32.8 Å². The Hall–Kier alpha value is -3.10. The predicted octanol–water partition coefficient (Wildman–Crippen LogP) is 2.77. The van der Waals surface area contributed by atoms with Gasteiger partial charge >= 0.3 is 0 Å². The third-order valence-electron chi connectivity index (χ3n) is 6.39. The highest BCUT2D eigenvalue weighted by molar-refractivity contribution is 5.94. The molecule has 9 heteroatoms. The molecule has 2 aliphatic heterocycles. The van der Waals surface area contributed by atoms with Crippen LogP contribution in [-0.4, -0.2) is 64.3 Å². The first kappa shape index (κ1) is 24.0. The van der Waals surface area contributed by atoms with Gasteiger partial charge in [0.1, 0.15) is 11.6 Å². The second-order valence-electron chi connectivity index (χ2n) is 8.83. The number of fused-ring (bicyclic) bond motifs is 1. The quantitative estimate of drug-likeness (QED) is 0.606. The van der Waals surface area contributed by atoms with Gasteiger partial charge in [-0.15, -0.1) is 10.2 Å². The van der Waals surface area contributed by atoms with Crippen molar-refractivity contribution in [1.82, 2.24) is 25.0 Å². The Kier molecular flexibility index (Phi) is 8.38. The SMILES string of the molecule is CCOc1cc(C(=O)NCCc2nnc3n2CCCCC3)ccc1OCC(=O)N1CCCCC1. The number of piperidine rings is 1. The molecule has 2 aliphatic rings. The van der Waals surface area contributed by atoms with Crippen molar-refractivity contribution in [2.24, 2.45) is 0 Å². The Morgan fingerprint density at radius 1 is 0.971 bits per heavy atom. The van der Waals surface area contributed by atoms with Crippen LogP contribution in [-0.2, 0) is 24.2 Å². The number of carbonyl (C=O) groups is 2. The van der Waals surface area contributed by atoms with Gasteiger partial charge < -0.3 is 24.3 Å². The zero-order valence-corrected chi connectivity index (χ0v) is 20.1. The van der Waals surface area contributed by atoms with Crippen molar-refractivity contribution in [3.8, 4) is 11.5 Å². The van der Waals surface area contributed by atoms with Gasteiger partial charge in [-0.1, -0.05) is 6.42 Å². The molecule has 0 aliphatic carbocycles. The van der Waals surface area contributed by atoms with Gasteiger partial charge in [-0.25, -0.2) is 0 Å². The fourth-order valence-corrected chi connectivity index (χ4v) is 4.53. The lowest BCUT2D eigenvalue weighted by molar-refractivity contribution is -0.134. The van der Waals surface area contributed by atoms with Crippen LogP contribution in [0.1, 0.15) is 67.5 Å². The van der Waals surface area contributed by atoms with Crippen LogP contribution in [0.2, 0.25) is 0 Å². The lowest BCUT2D eigenvalue weighted by atomic mass is 10.1. The van der Waals surface area contributed by atoms with Gasteiger partial charge in [0.2, 0.25) is 0 Å². The number of aromatic nitrogens is 3. The Labute approximate surface area is 200 Å². The number of amides is 2. The topological polar surface area (TPSA) is 98.6 Å². The van der Waals surface area contributed by atoms with Gasteiger partial charge in [0.05, 0.1) is 6.61 Å². The monoisotopic (exact) mass is 469 g/mol. The Morgan fingerprint density at radius 2 is 1.76 bits per heavy atom. The highest BCUT2D eigenvalue weighted by Crippen LogP contribution is 2.29. The summed E-state index contributed by atoms with van der Waals surface area (Å²) >= 11 is 0. The normalized spacial score (nSPS) is 15.9. The molecular formula is C25H35N5O4. The maximum absolute atomic E-state index is 12.7. The Bertz CT molecular complexity index is 984. The molecule has 9 nitrogen and oxygen atoms in total. The number of nitrogens with one attached hydrogen (secondary N) is 1. The third-order valence-corrected chi connectivity index (χ3v) is 6.39. The van der Waals surface area contributed by atoms with Crippen LogP contribution in [0.25, 0.3) is 0 Å². The Morgan fingerprint density at radius 3 is 2.59 bits per heavy atom. The highest BCUT2D eigenvalue weighted by Gasteiger charge is 2.19. The molecule has 1 N–H and O–H groups in total. The van der Waals surface area contributed by atoms with Crippen LogP contribution < -0.4 is 14.8 Å². The molecule has 3 heterocycles. The molecule has 2 aromatic rings. The summed E-state index contributed by atoms with van der Waals surface area (Å²) < 4.78 is 13.7. The zero-order chi connectivity index (χ0) is 23.8. The van der Waals surface area contributed by atoms with Crippen molar-refractivity contribution in [2.45, 2.75) is 64.8 Å². The van der Waals surface area contributed by atoms with E-state index in [2.05, 4.69) is 20.1 Å². The fraction of sp³-hybridized carbons (Fsp3) is 0.600. The second-order valence-corrected chi connectivity index (χ2v) is 8.83. The molecule has 184 valence electrons. The highest BCUT2D eigenvalue weighted by atomic mass is 16.5. The van der Waals surface area contributed by atoms with Crippen LogP contribution in [0.4, 0.5) is 0 Å². The van der Waals surface area contributed by atoms with E-state index in [0.29, 0.717) is 36.6 Å².